The minimum absolute atomic E-state index is 0.144. The lowest BCUT2D eigenvalue weighted by atomic mass is 9.97. The Balaban J connectivity index is 2.27. The van der Waals surface area contributed by atoms with Crippen LogP contribution in [0, 0.1) is 0 Å². The number of ketones is 1. The molecular weight excluding hydrogens is 224 g/mol. The number of aryl methyl sites for hydroxylation is 1. The number of thiophene rings is 1. The molecule has 3 heteroatoms. The molecule has 1 aromatic heterocycles. The van der Waals surface area contributed by atoms with Crippen molar-refractivity contribution in [2.24, 2.45) is 0 Å². The first kappa shape index (κ1) is 11.2. The summed E-state index contributed by atoms with van der Waals surface area (Å²) in [5.41, 5.74) is 1.22. The molecular formula is C12H16OS2. The number of Topliss-reactive ketones (excluding diaryl/α,β-unsaturated/α-hetero) is 1. The van der Waals surface area contributed by atoms with Gasteiger partial charge in [0.25, 0.3) is 0 Å². The Labute approximate surface area is 99.3 Å². The van der Waals surface area contributed by atoms with Gasteiger partial charge in [0, 0.05) is 0 Å². The van der Waals surface area contributed by atoms with Gasteiger partial charge in [0.2, 0.25) is 0 Å². The summed E-state index contributed by atoms with van der Waals surface area (Å²) in [4.78, 5) is 13.4. The van der Waals surface area contributed by atoms with Crippen LogP contribution in [0.25, 0.3) is 0 Å². The number of hydrogen-bond acceptors (Lipinski definition) is 3. The first-order chi connectivity index (χ1) is 7.17. The van der Waals surface area contributed by atoms with Gasteiger partial charge in [0.1, 0.15) is 0 Å². The summed E-state index contributed by atoms with van der Waals surface area (Å²) in [5, 5.41) is 2.04. The van der Waals surface area contributed by atoms with Crippen molar-refractivity contribution in [3.8, 4) is 0 Å². The summed E-state index contributed by atoms with van der Waals surface area (Å²) < 4.78 is -0.144. The van der Waals surface area contributed by atoms with Crippen LogP contribution in [0.15, 0.2) is 11.4 Å². The molecule has 1 fully saturated rings. The van der Waals surface area contributed by atoms with E-state index in [-0.39, 0.29) is 4.75 Å². The Kier molecular flexibility index (Phi) is 3.21. The second-order valence-electron chi connectivity index (χ2n) is 4.14. The van der Waals surface area contributed by atoms with Crippen molar-refractivity contribution in [2.45, 2.75) is 37.9 Å². The van der Waals surface area contributed by atoms with Crippen molar-refractivity contribution in [1.82, 2.24) is 0 Å². The first-order valence-corrected chi connectivity index (χ1v) is 7.29. The van der Waals surface area contributed by atoms with Crippen LogP contribution in [0.1, 0.15) is 41.9 Å². The number of carbonyl (C=O) groups is 1. The highest BCUT2D eigenvalue weighted by Gasteiger charge is 2.38. The van der Waals surface area contributed by atoms with Crippen LogP contribution in [0.4, 0.5) is 0 Å². The monoisotopic (exact) mass is 240 g/mol. The van der Waals surface area contributed by atoms with E-state index in [1.54, 1.807) is 11.3 Å². The maximum absolute atomic E-state index is 12.4. The molecule has 0 amide bonds. The van der Waals surface area contributed by atoms with Gasteiger partial charge < -0.3 is 0 Å². The highest BCUT2D eigenvalue weighted by Crippen LogP contribution is 2.41. The lowest BCUT2D eigenvalue weighted by Crippen LogP contribution is -2.28. The van der Waals surface area contributed by atoms with Gasteiger partial charge in [-0.2, -0.15) is 0 Å². The molecule has 1 atom stereocenters. The highest BCUT2D eigenvalue weighted by molar-refractivity contribution is 8.01. The predicted molar refractivity (Wildman–Crippen MR) is 68.1 cm³/mol. The third-order valence-electron chi connectivity index (χ3n) is 3.03. The number of thioether (sulfide) groups is 1. The topological polar surface area (TPSA) is 17.1 Å². The predicted octanol–water partition coefficient (Wildman–Crippen LogP) is 3.78. The van der Waals surface area contributed by atoms with Crippen molar-refractivity contribution in [3.63, 3.8) is 0 Å². The molecule has 15 heavy (non-hydrogen) atoms. The quantitative estimate of drug-likeness (QED) is 0.748. The zero-order chi connectivity index (χ0) is 10.9. The van der Waals surface area contributed by atoms with E-state index in [9.17, 15) is 4.79 Å². The van der Waals surface area contributed by atoms with Gasteiger partial charge in [-0.05, 0) is 48.9 Å². The molecule has 1 aliphatic heterocycles. The minimum atomic E-state index is -0.144. The van der Waals surface area contributed by atoms with Gasteiger partial charge in [0.05, 0.1) is 9.62 Å². The minimum Gasteiger partial charge on any atom is -0.292 e. The summed E-state index contributed by atoms with van der Waals surface area (Å²) in [5.74, 6) is 1.49. The molecule has 82 valence electrons. The van der Waals surface area contributed by atoms with Crippen molar-refractivity contribution < 1.29 is 4.79 Å². The molecule has 2 rings (SSSR count). The molecule has 1 unspecified atom stereocenters. The number of hydrogen-bond donors (Lipinski definition) is 0. The van der Waals surface area contributed by atoms with Crippen LogP contribution in [0.3, 0.4) is 0 Å². The molecule has 0 bridgehead atoms. The molecule has 1 aromatic rings. The Hall–Kier alpha value is -0.280. The maximum atomic E-state index is 12.4. The molecule has 2 heterocycles. The van der Waals surface area contributed by atoms with E-state index in [1.807, 2.05) is 17.1 Å². The number of carbonyl (C=O) groups excluding carboxylic acids is 1. The summed E-state index contributed by atoms with van der Waals surface area (Å²) in [6.45, 7) is 4.22. The molecule has 0 N–H and O–H groups in total. The van der Waals surface area contributed by atoms with Crippen LogP contribution in [-0.4, -0.2) is 16.3 Å². The molecule has 1 nitrogen and oxygen atoms in total. The van der Waals surface area contributed by atoms with Gasteiger partial charge in [-0.3, -0.25) is 4.79 Å². The molecule has 1 saturated heterocycles. The first-order valence-electron chi connectivity index (χ1n) is 5.42. The summed E-state index contributed by atoms with van der Waals surface area (Å²) in [6, 6.07) is 2.08. The van der Waals surface area contributed by atoms with Crippen LogP contribution < -0.4 is 0 Å². The average molecular weight is 240 g/mol. The Morgan fingerprint density at radius 1 is 1.60 bits per heavy atom. The fourth-order valence-corrected chi connectivity index (χ4v) is 4.40. The Bertz CT molecular complexity index is 361. The van der Waals surface area contributed by atoms with Crippen LogP contribution in [0.5, 0.6) is 0 Å². The highest BCUT2D eigenvalue weighted by atomic mass is 32.2. The standard InChI is InChI=1S/C12H16OS2/c1-3-9-5-8-14-10(9)11(13)12(2)6-4-7-15-12/h5,8H,3-4,6-7H2,1-2H3. The molecule has 0 spiro atoms. The van der Waals surface area contributed by atoms with Crippen molar-refractivity contribution in [3.05, 3.63) is 21.9 Å². The van der Waals surface area contributed by atoms with Gasteiger partial charge >= 0.3 is 0 Å². The van der Waals surface area contributed by atoms with Crippen LogP contribution in [-0.2, 0) is 6.42 Å². The number of rotatable bonds is 3. The molecule has 1 aliphatic rings. The van der Waals surface area contributed by atoms with Gasteiger partial charge in [-0.25, -0.2) is 0 Å². The van der Waals surface area contributed by atoms with Crippen LogP contribution >= 0.6 is 23.1 Å². The summed E-state index contributed by atoms with van der Waals surface area (Å²) in [6.07, 6.45) is 3.18. The molecule has 0 radical (unpaired) electrons. The molecule has 0 aromatic carbocycles. The van der Waals surface area contributed by atoms with E-state index in [4.69, 9.17) is 0 Å². The van der Waals surface area contributed by atoms with E-state index < -0.39 is 0 Å². The van der Waals surface area contributed by atoms with E-state index >= 15 is 0 Å². The van der Waals surface area contributed by atoms with E-state index in [2.05, 4.69) is 19.9 Å². The zero-order valence-electron chi connectivity index (χ0n) is 9.21. The zero-order valence-corrected chi connectivity index (χ0v) is 10.8. The lowest BCUT2D eigenvalue weighted by molar-refractivity contribution is 0.0952. The second-order valence-corrected chi connectivity index (χ2v) is 6.65. The maximum Gasteiger partial charge on any atom is 0.188 e. The van der Waals surface area contributed by atoms with Gasteiger partial charge in [-0.15, -0.1) is 23.1 Å². The second kappa shape index (κ2) is 4.30. The van der Waals surface area contributed by atoms with E-state index in [1.165, 1.54) is 12.0 Å². The molecule has 0 aliphatic carbocycles. The van der Waals surface area contributed by atoms with Crippen molar-refractivity contribution in [2.75, 3.05) is 5.75 Å². The lowest BCUT2D eigenvalue weighted by Gasteiger charge is -2.20. The Morgan fingerprint density at radius 3 is 3.00 bits per heavy atom. The smallest absolute Gasteiger partial charge is 0.188 e. The van der Waals surface area contributed by atoms with Gasteiger partial charge in [0.15, 0.2) is 5.78 Å². The fourth-order valence-electron chi connectivity index (χ4n) is 2.01. The largest absolute Gasteiger partial charge is 0.292 e. The third-order valence-corrected chi connectivity index (χ3v) is 5.51. The van der Waals surface area contributed by atoms with Crippen LogP contribution in [0.2, 0.25) is 0 Å². The van der Waals surface area contributed by atoms with Crippen molar-refractivity contribution >= 4 is 28.9 Å². The average Bonchev–Trinajstić information content (AvgIpc) is 2.85. The normalized spacial score (nSPS) is 25.7. The van der Waals surface area contributed by atoms with Gasteiger partial charge in [-0.1, -0.05) is 6.92 Å². The Morgan fingerprint density at radius 2 is 2.40 bits per heavy atom. The third kappa shape index (κ3) is 2.00. The summed E-state index contributed by atoms with van der Waals surface area (Å²) >= 11 is 3.43. The van der Waals surface area contributed by atoms with E-state index in [0.717, 1.165) is 23.5 Å². The summed E-state index contributed by atoms with van der Waals surface area (Å²) in [7, 11) is 0. The van der Waals surface area contributed by atoms with E-state index in [0.29, 0.717) is 5.78 Å². The van der Waals surface area contributed by atoms with Crippen molar-refractivity contribution in [1.29, 1.82) is 0 Å². The SMILES string of the molecule is CCc1ccsc1C(=O)C1(C)CCCS1. The fraction of sp³-hybridized carbons (Fsp3) is 0.583. The molecule has 0 saturated carbocycles.